The van der Waals surface area contributed by atoms with Crippen molar-refractivity contribution in [3.63, 3.8) is 0 Å². The highest BCUT2D eigenvalue weighted by atomic mass is 19.3. The van der Waals surface area contributed by atoms with Crippen LogP contribution in [0.4, 0.5) is 14.7 Å². The first-order valence-electron chi connectivity index (χ1n) is 10.0. The molecule has 6 heteroatoms. The van der Waals surface area contributed by atoms with E-state index in [0.717, 1.165) is 50.6 Å². The number of piperidine rings is 1. The number of fused-ring (bicyclic) bond motifs is 1. The topological polar surface area (TPSA) is 38.1 Å². The lowest BCUT2D eigenvalue weighted by Gasteiger charge is -2.31. The fraction of sp³-hybridized carbons (Fsp3) is 0.391. The van der Waals surface area contributed by atoms with Crippen LogP contribution < -0.4 is 4.90 Å². The zero-order valence-corrected chi connectivity index (χ0v) is 16.7. The van der Waals surface area contributed by atoms with Crippen LogP contribution in [0.3, 0.4) is 0 Å². The maximum atomic E-state index is 14.2. The molecule has 1 aliphatic rings. The second-order valence-corrected chi connectivity index (χ2v) is 8.08. The molecule has 1 fully saturated rings. The number of hydrogen-bond donors (Lipinski definition) is 0. The second kappa shape index (κ2) is 7.58. The van der Waals surface area contributed by atoms with Gasteiger partial charge in [0.2, 0.25) is 5.95 Å². The molecule has 2 aromatic carbocycles. The molecule has 29 heavy (non-hydrogen) atoms. The third kappa shape index (κ3) is 3.88. The Balaban J connectivity index is 1.82. The van der Waals surface area contributed by atoms with E-state index in [2.05, 4.69) is 11.8 Å². The first-order valence-corrected chi connectivity index (χ1v) is 10.0. The summed E-state index contributed by atoms with van der Waals surface area (Å²) in [5.41, 5.74) is 2.72. The summed E-state index contributed by atoms with van der Waals surface area (Å²) in [6.07, 6.45) is 2.95. The number of hydrogen-bond acceptors (Lipinski definition) is 3. The smallest absolute Gasteiger partial charge is 0.270 e. The number of nitrogens with zero attached hydrogens (tertiary/aromatic N) is 3. The minimum absolute atomic E-state index is 0.0320. The summed E-state index contributed by atoms with van der Waals surface area (Å²) in [5.74, 6) is -1.47. The Morgan fingerprint density at radius 3 is 2.59 bits per heavy atom. The van der Waals surface area contributed by atoms with Crippen molar-refractivity contribution in [3.8, 4) is 0 Å². The summed E-state index contributed by atoms with van der Waals surface area (Å²) in [6.45, 7) is 5.25. The van der Waals surface area contributed by atoms with E-state index in [4.69, 9.17) is 4.98 Å². The van der Waals surface area contributed by atoms with Crippen LogP contribution >= 0.6 is 0 Å². The van der Waals surface area contributed by atoms with Gasteiger partial charge < -0.3 is 9.47 Å². The van der Waals surface area contributed by atoms with Gasteiger partial charge in [0.05, 0.1) is 17.6 Å². The Morgan fingerprint density at radius 1 is 1.17 bits per heavy atom. The lowest BCUT2D eigenvalue weighted by molar-refractivity contribution is 0.0165. The van der Waals surface area contributed by atoms with Crippen LogP contribution in [0.1, 0.15) is 48.2 Å². The van der Waals surface area contributed by atoms with Crippen LogP contribution in [-0.2, 0) is 12.5 Å². The van der Waals surface area contributed by atoms with Gasteiger partial charge in [0.15, 0.2) is 0 Å². The molecule has 1 saturated heterocycles. The van der Waals surface area contributed by atoms with Gasteiger partial charge in [-0.25, -0.2) is 13.8 Å². The normalized spacial score (nSPS) is 15.8. The number of carbonyl (C=O) groups excluding carboxylic acids is 1. The Kier molecular flexibility index (Phi) is 5.11. The Hall–Kier alpha value is -2.76. The number of aldehydes is 1. The van der Waals surface area contributed by atoms with Gasteiger partial charge in [-0.15, -0.1) is 0 Å². The molecule has 1 aromatic heterocycles. The van der Waals surface area contributed by atoms with Crippen molar-refractivity contribution in [2.75, 3.05) is 18.0 Å². The Morgan fingerprint density at radius 2 is 1.90 bits per heavy atom. The number of halogens is 2. The molecule has 0 radical (unpaired) electrons. The number of anilines is 1. The van der Waals surface area contributed by atoms with Gasteiger partial charge in [-0.2, -0.15) is 0 Å². The molecular formula is C23H25F2N3O. The van der Waals surface area contributed by atoms with Gasteiger partial charge >= 0.3 is 0 Å². The van der Waals surface area contributed by atoms with Crippen LogP contribution in [0.25, 0.3) is 11.0 Å². The van der Waals surface area contributed by atoms with Crippen LogP contribution in [0, 0.1) is 5.92 Å². The highest BCUT2D eigenvalue weighted by molar-refractivity contribution is 5.86. The third-order valence-corrected chi connectivity index (χ3v) is 5.77. The molecular weight excluding hydrogens is 372 g/mol. The number of benzene rings is 2. The molecule has 0 saturated carbocycles. The zero-order chi connectivity index (χ0) is 20.6. The third-order valence-electron chi connectivity index (χ3n) is 5.77. The average molecular weight is 397 g/mol. The summed E-state index contributed by atoms with van der Waals surface area (Å²) >= 11 is 0. The Bertz CT molecular complexity index is 1030. The van der Waals surface area contributed by atoms with E-state index in [1.165, 1.54) is 6.07 Å². The molecule has 152 valence electrons. The molecule has 0 unspecified atom stereocenters. The van der Waals surface area contributed by atoms with Gasteiger partial charge in [0.1, 0.15) is 6.29 Å². The fourth-order valence-corrected chi connectivity index (χ4v) is 4.07. The van der Waals surface area contributed by atoms with Crippen LogP contribution in [0.5, 0.6) is 0 Å². The van der Waals surface area contributed by atoms with E-state index in [9.17, 15) is 13.6 Å². The number of aromatic nitrogens is 2. The van der Waals surface area contributed by atoms with E-state index in [1.807, 2.05) is 10.6 Å². The van der Waals surface area contributed by atoms with Crippen molar-refractivity contribution in [1.82, 2.24) is 9.55 Å². The van der Waals surface area contributed by atoms with Crippen molar-refractivity contribution in [3.05, 3.63) is 59.2 Å². The van der Waals surface area contributed by atoms with Gasteiger partial charge in [0.25, 0.3) is 5.92 Å². The Labute approximate surface area is 169 Å². The summed E-state index contributed by atoms with van der Waals surface area (Å²) in [4.78, 5) is 18.2. The predicted octanol–water partition coefficient (Wildman–Crippen LogP) is 5.25. The molecule has 2 heterocycles. The predicted molar refractivity (Wildman–Crippen MR) is 111 cm³/mol. The first kappa shape index (κ1) is 19.6. The van der Waals surface area contributed by atoms with E-state index in [1.54, 1.807) is 30.3 Å². The lowest BCUT2D eigenvalue weighted by atomic mass is 9.99. The number of imidazole rings is 1. The second-order valence-electron chi connectivity index (χ2n) is 8.08. The molecule has 4 nitrogen and oxygen atoms in total. The molecule has 0 bridgehead atoms. The summed E-state index contributed by atoms with van der Waals surface area (Å²) in [7, 11) is 0. The zero-order valence-electron chi connectivity index (χ0n) is 16.7. The average Bonchev–Trinajstić information content (AvgIpc) is 3.05. The lowest BCUT2D eigenvalue weighted by Crippen LogP contribution is -2.35. The monoisotopic (exact) mass is 397 g/mol. The number of carbonyl (C=O) groups is 1. The molecule has 0 amide bonds. The minimum Gasteiger partial charge on any atom is -0.342 e. The summed E-state index contributed by atoms with van der Waals surface area (Å²) in [6, 6.07) is 12.0. The minimum atomic E-state index is -2.92. The maximum Gasteiger partial charge on any atom is 0.270 e. The first-order chi connectivity index (χ1) is 13.9. The van der Waals surface area contributed by atoms with E-state index in [0.29, 0.717) is 29.1 Å². The quantitative estimate of drug-likeness (QED) is 0.552. The molecule has 0 N–H and O–H groups in total. The van der Waals surface area contributed by atoms with E-state index < -0.39 is 5.92 Å². The van der Waals surface area contributed by atoms with Gasteiger partial charge in [-0.3, -0.25) is 4.79 Å². The largest absolute Gasteiger partial charge is 0.342 e. The fourth-order valence-electron chi connectivity index (χ4n) is 4.07. The standard InChI is InChI=1S/C23H25F2N3O/c1-16-9-11-27(12-10-16)22-26-20-13-17(15-29)7-8-21(20)28(22)14-18-5-3-4-6-19(18)23(2,24)25/h3-8,13,15-16H,9-12,14H2,1-2H3. The molecule has 4 rings (SSSR count). The van der Waals surface area contributed by atoms with E-state index >= 15 is 0 Å². The highest BCUT2D eigenvalue weighted by Gasteiger charge is 2.28. The number of alkyl halides is 2. The van der Waals surface area contributed by atoms with E-state index in [-0.39, 0.29) is 5.56 Å². The van der Waals surface area contributed by atoms with Crippen molar-refractivity contribution in [2.45, 2.75) is 39.2 Å². The summed E-state index contributed by atoms with van der Waals surface area (Å²) in [5, 5.41) is 0. The van der Waals surface area contributed by atoms with Crippen molar-refractivity contribution < 1.29 is 13.6 Å². The van der Waals surface area contributed by atoms with Crippen LogP contribution in [0.15, 0.2) is 42.5 Å². The molecule has 1 aliphatic heterocycles. The molecule has 3 aromatic rings. The van der Waals surface area contributed by atoms with Gasteiger partial charge in [0, 0.05) is 31.1 Å². The van der Waals surface area contributed by atoms with Gasteiger partial charge in [-0.05, 0) is 42.5 Å². The SMILES string of the molecule is CC1CCN(c2nc3cc(C=O)ccc3n2Cc2ccccc2C(C)(F)F)CC1. The van der Waals surface area contributed by atoms with Crippen LogP contribution in [-0.4, -0.2) is 28.9 Å². The van der Waals surface area contributed by atoms with Gasteiger partial charge in [-0.1, -0.05) is 31.2 Å². The molecule has 0 aliphatic carbocycles. The van der Waals surface area contributed by atoms with Crippen molar-refractivity contribution in [2.24, 2.45) is 5.92 Å². The van der Waals surface area contributed by atoms with Crippen molar-refractivity contribution >= 4 is 23.3 Å². The highest BCUT2D eigenvalue weighted by Crippen LogP contribution is 2.33. The van der Waals surface area contributed by atoms with Crippen molar-refractivity contribution in [1.29, 1.82) is 0 Å². The summed E-state index contributed by atoms with van der Waals surface area (Å²) < 4.78 is 30.4. The molecule has 0 spiro atoms. The number of rotatable bonds is 5. The van der Waals surface area contributed by atoms with Crippen LogP contribution in [0.2, 0.25) is 0 Å². The molecule has 0 atom stereocenters. The maximum absolute atomic E-state index is 14.2.